The van der Waals surface area contributed by atoms with Gasteiger partial charge in [-0.25, -0.2) is 4.79 Å². The highest BCUT2D eigenvalue weighted by Gasteiger charge is 2.42. The summed E-state index contributed by atoms with van der Waals surface area (Å²) in [5.41, 5.74) is 4.32. The number of piperidine rings is 1. The van der Waals surface area contributed by atoms with E-state index in [4.69, 9.17) is 10.5 Å². The van der Waals surface area contributed by atoms with Crippen molar-refractivity contribution >= 4 is 18.5 Å². The number of hydrogen-bond acceptors (Lipinski definition) is 5. The standard InChI is InChI=1S/C30H33N5O2.CH4O/c1-2-33-20-25(11-12-29(33)31)18-32-15-13-27(14-16-32)35-28(26-9-4-3-5-10-26)21-34(30(35)37)19-23-7-6-8-24(17-23)22-36;1-2/h2-12,17,20,22,27-28,31H,1,13-16,18-19,21H2;2H,1H3. The molecule has 8 nitrogen and oxygen atoms in total. The Kier molecular flexibility index (Phi) is 9.46. The van der Waals surface area contributed by atoms with Crippen LogP contribution < -0.4 is 5.49 Å². The van der Waals surface area contributed by atoms with E-state index in [1.807, 2.05) is 53.6 Å². The summed E-state index contributed by atoms with van der Waals surface area (Å²) >= 11 is 0. The zero-order valence-corrected chi connectivity index (χ0v) is 22.4. The van der Waals surface area contributed by atoms with Gasteiger partial charge in [-0.05, 0) is 41.7 Å². The first kappa shape index (κ1) is 28.0. The highest BCUT2D eigenvalue weighted by Crippen LogP contribution is 2.35. The topological polar surface area (TPSA) is 92.9 Å². The number of aromatic nitrogens is 1. The third kappa shape index (κ3) is 6.53. The van der Waals surface area contributed by atoms with E-state index < -0.39 is 0 Å². The second-order valence-corrected chi connectivity index (χ2v) is 9.88. The van der Waals surface area contributed by atoms with Crippen molar-refractivity contribution in [2.45, 2.75) is 38.0 Å². The number of benzene rings is 2. The summed E-state index contributed by atoms with van der Waals surface area (Å²) in [6, 6.07) is 21.9. The molecule has 0 spiro atoms. The molecule has 2 fully saturated rings. The number of aliphatic hydroxyl groups excluding tert-OH is 1. The molecule has 8 heteroatoms. The Hall–Kier alpha value is -4.01. The number of nitrogens with one attached hydrogen (secondary N) is 1. The predicted octanol–water partition coefficient (Wildman–Crippen LogP) is 4.13. The number of amides is 2. The molecule has 2 amide bonds. The molecular weight excluding hydrogens is 490 g/mol. The lowest BCUT2D eigenvalue weighted by molar-refractivity contribution is 0.109. The lowest BCUT2D eigenvalue weighted by Crippen LogP contribution is -2.47. The van der Waals surface area contributed by atoms with E-state index in [9.17, 15) is 9.59 Å². The highest BCUT2D eigenvalue weighted by atomic mass is 16.2. The average Bonchev–Trinajstić information content (AvgIpc) is 3.31. The SMILES string of the molecule is C=Cn1cc(CN2CCC(N3C(=O)N(Cc4cccc(C=O)c4)CC3c3ccccc3)CC2)ccc1=N.CO. The van der Waals surface area contributed by atoms with Crippen molar-refractivity contribution in [1.82, 2.24) is 19.3 Å². The number of urea groups is 1. The molecule has 1 unspecified atom stereocenters. The third-order valence-electron chi connectivity index (χ3n) is 7.46. The zero-order valence-electron chi connectivity index (χ0n) is 22.4. The highest BCUT2D eigenvalue weighted by molar-refractivity contribution is 5.78. The molecule has 3 heterocycles. The van der Waals surface area contributed by atoms with Crippen molar-refractivity contribution in [2.24, 2.45) is 0 Å². The number of aldehydes is 1. The minimum Gasteiger partial charge on any atom is -0.400 e. The number of pyridine rings is 1. The zero-order chi connectivity index (χ0) is 27.8. The van der Waals surface area contributed by atoms with Gasteiger partial charge in [-0.1, -0.05) is 61.2 Å². The number of likely N-dealkylation sites (tertiary alicyclic amines) is 1. The van der Waals surface area contributed by atoms with E-state index in [0.29, 0.717) is 24.1 Å². The van der Waals surface area contributed by atoms with Crippen LogP contribution in [0.5, 0.6) is 0 Å². The molecule has 2 aromatic carbocycles. The fourth-order valence-electron chi connectivity index (χ4n) is 5.56. The second kappa shape index (κ2) is 13.2. The molecule has 0 bridgehead atoms. The summed E-state index contributed by atoms with van der Waals surface area (Å²) in [4.78, 5) is 31.4. The molecule has 5 rings (SSSR count). The number of nitrogens with zero attached hydrogens (tertiary/aromatic N) is 4. The quantitative estimate of drug-likeness (QED) is 0.431. The Morgan fingerprint density at radius 2 is 1.72 bits per heavy atom. The van der Waals surface area contributed by atoms with Crippen molar-refractivity contribution in [1.29, 1.82) is 5.41 Å². The van der Waals surface area contributed by atoms with Gasteiger partial charge in [0.2, 0.25) is 0 Å². The number of carbonyl (C=O) groups is 2. The molecule has 204 valence electrons. The van der Waals surface area contributed by atoms with Crippen LogP contribution in [0, 0.1) is 5.41 Å². The van der Waals surface area contributed by atoms with Gasteiger partial charge in [0.1, 0.15) is 11.8 Å². The van der Waals surface area contributed by atoms with Crippen LogP contribution in [-0.4, -0.2) is 69.5 Å². The van der Waals surface area contributed by atoms with Crippen molar-refractivity contribution in [3.63, 3.8) is 0 Å². The summed E-state index contributed by atoms with van der Waals surface area (Å²) < 4.78 is 1.73. The van der Waals surface area contributed by atoms with Gasteiger partial charge >= 0.3 is 6.03 Å². The number of carbonyl (C=O) groups excluding carboxylic acids is 2. The van der Waals surface area contributed by atoms with Crippen molar-refractivity contribution in [2.75, 3.05) is 26.7 Å². The van der Waals surface area contributed by atoms with Crippen LogP contribution in [0.4, 0.5) is 4.79 Å². The predicted molar refractivity (Wildman–Crippen MR) is 152 cm³/mol. The van der Waals surface area contributed by atoms with Crippen molar-refractivity contribution < 1.29 is 14.7 Å². The molecule has 1 aromatic heterocycles. The van der Waals surface area contributed by atoms with Crippen LogP contribution >= 0.6 is 0 Å². The molecule has 0 aliphatic carbocycles. The summed E-state index contributed by atoms with van der Waals surface area (Å²) in [6.07, 6.45) is 6.31. The summed E-state index contributed by atoms with van der Waals surface area (Å²) in [6.45, 7) is 7.55. The Morgan fingerprint density at radius 3 is 2.41 bits per heavy atom. The number of rotatable bonds is 8. The maximum atomic E-state index is 13.8. The summed E-state index contributed by atoms with van der Waals surface area (Å²) in [5, 5.41) is 14.9. The lowest BCUT2D eigenvalue weighted by Gasteiger charge is -2.39. The fourth-order valence-corrected chi connectivity index (χ4v) is 5.56. The van der Waals surface area contributed by atoms with Crippen LogP contribution in [-0.2, 0) is 13.1 Å². The summed E-state index contributed by atoms with van der Waals surface area (Å²) in [7, 11) is 1.00. The molecule has 2 saturated heterocycles. The van der Waals surface area contributed by atoms with Gasteiger partial charge in [-0.15, -0.1) is 0 Å². The van der Waals surface area contributed by atoms with Gasteiger partial charge in [0.25, 0.3) is 0 Å². The Labute approximate surface area is 229 Å². The van der Waals surface area contributed by atoms with Gasteiger partial charge in [-0.2, -0.15) is 0 Å². The third-order valence-corrected chi connectivity index (χ3v) is 7.46. The minimum absolute atomic E-state index is 0.00986. The van der Waals surface area contributed by atoms with Crippen LogP contribution in [0.15, 0.2) is 79.5 Å². The van der Waals surface area contributed by atoms with E-state index >= 15 is 0 Å². The first-order valence-electron chi connectivity index (χ1n) is 13.3. The normalized spacial score (nSPS) is 18.0. The monoisotopic (exact) mass is 527 g/mol. The van der Waals surface area contributed by atoms with Gasteiger partial charge < -0.3 is 19.5 Å². The molecule has 2 aliphatic heterocycles. The molecule has 0 radical (unpaired) electrons. The van der Waals surface area contributed by atoms with Crippen LogP contribution in [0.2, 0.25) is 0 Å². The number of aliphatic hydroxyl groups is 1. The molecular formula is C31H37N5O3. The van der Waals surface area contributed by atoms with Crippen LogP contribution in [0.1, 0.15) is 45.9 Å². The fraction of sp³-hybridized carbons (Fsp3) is 0.323. The minimum atomic E-state index is 0.00986. The Balaban J connectivity index is 0.00000172. The molecule has 39 heavy (non-hydrogen) atoms. The van der Waals surface area contributed by atoms with Gasteiger partial charge in [0.15, 0.2) is 0 Å². The molecule has 0 saturated carbocycles. The van der Waals surface area contributed by atoms with E-state index in [1.54, 1.807) is 22.9 Å². The van der Waals surface area contributed by atoms with Crippen molar-refractivity contribution in [3.8, 4) is 0 Å². The maximum absolute atomic E-state index is 13.8. The van der Waals surface area contributed by atoms with Gasteiger partial charge in [0, 0.05) is 63.8 Å². The second-order valence-electron chi connectivity index (χ2n) is 9.88. The first-order chi connectivity index (χ1) is 19.1. The van der Waals surface area contributed by atoms with Crippen LogP contribution in [0.3, 0.4) is 0 Å². The molecule has 2 aliphatic rings. The average molecular weight is 528 g/mol. The Morgan fingerprint density at radius 1 is 0.974 bits per heavy atom. The summed E-state index contributed by atoms with van der Waals surface area (Å²) in [5.74, 6) is 0. The molecule has 2 N–H and O–H groups in total. The Bertz CT molecular complexity index is 1330. The van der Waals surface area contributed by atoms with E-state index in [2.05, 4.69) is 28.5 Å². The lowest BCUT2D eigenvalue weighted by atomic mass is 9.99. The smallest absolute Gasteiger partial charge is 0.321 e. The van der Waals surface area contributed by atoms with Gasteiger partial charge in [0.05, 0.1) is 6.04 Å². The molecule has 1 atom stereocenters. The van der Waals surface area contributed by atoms with Crippen LogP contribution in [0.25, 0.3) is 6.20 Å². The van der Waals surface area contributed by atoms with E-state index in [1.165, 1.54) is 0 Å². The van der Waals surface area contributed by atoms with E-state index in [-0.39, 0.29) is 18.1 Å². The maximum Gasteiger partial charge on any atom is 0.321 e. The van der Waals surface area contributed by atoms with Crippen molar-refractivity contribution in [3.05, 3.63) is 107 Å². The van der Waals surface area contributed by atoms with E-state index in [0.717, 1.165) is 62.6 Å². The number of hydrogen-bond donors (Lipinski definition) is 2. The van der Waals surface area contributed by atoms with Gasteiger partial charge in [-0.3, -0.25) is 15.1 Å². The first-order valence-corrected chi connectivity index (χ1v) is 13.3. The largest absolute Gasteiger partial charge is 0.400 e. The molecule has 3 aromatic rings.